The molecule has 106 valence electrons. The highest BCUT2D eigenvalue weighted by Crippen LogP contribution is 2.19. The van der Waals surface area contributed by atoms with Crippen LogP contribution in [-0.4, -0.2) is 37.9 Å². The molecule has 1 N–H and O–H groups in total. The highest BCUT2D eigenvalue weighted by atomic mass is 16.5. The first kappa shape index (κ1) is 15.4. The lowest BCUT2D eigenvalue weighted by molar-refractivity contribution is -0.146. The molecular formula is C14H27NO3. The third-order valence-corrected chi connectivity index (χ3v) is 3.59. The van der Waals surface area contributed by atoms with Gasteiger partial charge < -0.3 is 14.8 Å². The largest absolute Gasteiger partial charge is 0.465 e. The second-order valence-electron chi connectivity index (χ2n) is 5.00. The average Bonchev–Trinajstić information content (AvgIpc) is 2.39. The van der Waals surface area contributed by atoms with Crippen molar-refractivity contribution in [2.24, 2.45) is 5.92 Å². The van der Waals surface area contributed by atoms with E-state index in [1.807, 2.05) is 6.92 Å². The van der Waals surface area contributed by atoms with Gasteiger partial charge in [0, 0.05) is 19.3 Å². The maximum Gasteiger partial charge on any atom is 0.323 e. The Bertz CT molecular complexity index is 239. The van der Waals surface area contributed by atoms with Crippen LogP contribution < -0.4 is 5.32 Å². The lowest BCUT2D eigenvalue weighted by Crippen LogP contribution is -2.47. The second kappa shape index (κ2) is 8.48. The molecule has 1 heterocycles. The molecule has 0 aliphatic carbocycles. The first-order valence-electron chi connectivity index (χ1n) is 7.19. The quantitative estimate of drug-likeness (QED) is 0.710. The van der Waals surface area contributed by atoms with Crippen molar-refractivity contribution in [3.05, 3.63) is 0 Å². The molecule has 0 aromatic carbocycles. The topological polar surface area (TPSA) is 47.6 Å². The monoisotopic (exact) mass is 257 g/mol. The summed E-state index contributed by atoms with van der Waals surface area (Å²) in [5, 5.41) is 3.44. The van der Waals surface area contributed by atoms with E-state index in [2.05, 4.69) is 19.2 Å². The third-order valence-electron chi connectivity index (χ3n) is 3.59. The number of hydrogen-bond donors (Lipinski definition) is 1. The first-order chi connectivity index (χ1) is 8.69. The van der Waals surface area contributed by atoms with Crippen LogP contribution in [0, 0.1) is 5.92 Å². The van der Waals surface area contributed by atoms with Gasteiger partial charge in [-0.15, -0.1) is 0 Å². The van der Waals surface area contributed by atoms with E-state index < -0.39 is 0 Å². The van der Waals surface area contributed by atoms with Gasteiger partial charge in [-0.05, 0) is 39.0 Å². The van der Waals surface area contributed by atoms with Crippen LogP contribution in [0.5, 0.6) is 0 Å². The molecule has 0 amide bonds. The standard InChI is InChI=1S/C14H27NO3/c1-4-6-13(14(16)18-5-2)15-11(3)12-7-9-17-10-8-12/h11-13,15H,4-10H2,1-3H3. The minimum atomic E-state index is -0.159. The van der Waals surface area contributed by atoms with E-state index in [0.717, 1.165) is 38.9 Å². The fourth-order valence-corrected chi connectivity index (χ4v) is 2.47. The molecule has 0 aromatic heterocycles. The SMILES string of the molecule is CCCC(NC(C)C1CCOCC1)C(=O)OCC. The molecule has 1 fully saturated rings. The molecule has 1 rings (SSSR count). The normalized spacial score (nSPS) is 20.4. The molecular weight excluding hydrogens is 230 g/mol. The van der Waals surface area contributed by atoms with Crippen molar-refractivity contribution in [3.8, 4) is 0 Å². The van der Waals surface area contributed by atoms with Crippen LogP contribution in [0.25, 0.3) is 0 Å². The van der Waals surface area contributed by atoms with Crippen LogP contribution in [0.15, 0.2) is 0 Å². The Kier molecular flexibility index (Phi) is 7.28. The number of carbonyl (C=O) groups excluding carboxylic acids is 1. The number of hydrogen-bond acceptors (Lipinski definition) is 4. The summed E-state index contributed by atoms with van der Waals surface area (Å²) in [6.07, 6.45) is 3.98. The van der Waals surface area contributed by atoms with Gasteiger partial charge in [-0.2, -0.15) is 0 Å². The van der Waals surface area contributed by atoms with Crippen molar-refractivity contribution in [2.75, 3.05) is 19.8 Å². The van der Waals surface area contributed by atoms with Crippen molar-refractivity contribution in [1.29, 1.82) is 0 Å². The molecule has 0 spiro atoms. The zero-order valence-corrected chi connectivity index (χ0v) is 11.9. The van der Waals surface area contributed by atoms with Crippen LogP contribution in [0.1, 0.15) is 46.5 Å². The molecule has 0 aromatic rings. The Morgan fingerprint density at radius 2 is 2.06 bits per heavy atom. The molecule has 2 unspecified atom stereocenters. The van der Waals surface area contributed by atoms with Gasteiger partial charge in [0.25, 0.3) is 0 Å². The molecule has 0 radical (unpaired) electrons. The summed E-state index contributed by atoms with van der Waals surface area (Å²) in [5.74, 6) is 0.491. The highest BCUT2D eigenvalue weighted by molar-refractivity contribution is 5.75. The predicted octanol–water partition coefficient (Wildman–Crippen LogP) is 2.12. The van der Waals surface area contributed by atoms with E-state index in [9.17, 15) is 4.79 Å². The summed E-state index contributed by atoms with van der Waals surface area (Å²) in [4.78, 5) is 11.8. The Hall–Kier alpha value is -0.610. The summed E-state index contributed by atoms with van der Waals surface area (Å²) in [5.41, 5.74) is 0. The van der Waals surface area contributed by atoms with Crippen LogP contribution >= 0.6 is 0 Å². The van der Waals surface area contributed by atoms with Gasteiger partial charge in [-0.25, -0.2) is 0 Å². The number of ether oxygens (including phenoxy) is 2. The Morgan fingerprint density at radius 3 is 2.61 bits per heavy atom. The van der Waals surface area contributed by atoms with E-state index in [1.165, 1.54) is 0 Å². The van der Waals surface area contributed by atoms with Crippen molar-refractivity contribution in [2.45, 2.75) is 58.5 Å². The van der Waals surface area contributed by atoms with Crippen LogP contribution in [0.3, 0.4) is 0 Å². The van der Waals surface area contributed by atoms with Gasteiger partial charge in [0.05, 0.1) is 6.61 Å². The summed E-state index contributed by atoms with van der Waals surface area (Å²) in [7, 11) is 0. The third kappa shape index (κ3) is 4.94. The van der Waals surface area contributed by atoms with Crippen molar-refractivity contribution < 1.29 is 14.3 Å². The average molecular weight is 257 g/mol. The van der Waals surface area contributed by atoms with E-state index in [-0.39, 0.29) is 12.0 Å². The van der Waals surface area contributed by atoms with E-state index in [0.29, 0.717) is 18.6 Å². The Balaban J connectivity index is 2.45. The van der Waals surface area contributed by atoms with Crippen molar-refractivity contribution in [1.82, 2.24) is 5.32 Å². The molecule has 4 nitrogen and oxygen atoms in total. The van der Waals surface area contributed by atoms with Crippen LogP contribution in [0.4, 0.5) is 0 Å². The minimum absolute atomic E-state index is 0.113. The van der Waals surface area contributed by atoms with E-state index in [4.69, 9.17) is 9.47 Å². The lowest BCUT2D eigenvalue weighted by atomic mass is 9.92. The van der Waals surface area contributed by atoms with Crippen LogP contribution in [-0.2, 0) is 14.3 Å². The lowest BCUT2D eigenvalue weighted by Gasteiger charge is -2.31. The van der Waals surface area contributed by atoms with Crippen molar-refractivity contribution in [3.63, 3.8) is 0 Å². The maximum absolute atomic E-state index is 11.8. The van der Waals surface area contributed by atoms with E-state index >= 15 is 0 Å². The fourth-order valence-electron chi connectivity index (χ4n) is 2.47. The smallest absolute Gasteiger partial charge is 0.323 e. The minimum Gasteiger partial charge on any atom is -0.465 e. The molecule has 0 bridgehead atoms. The first-order valence-corrected chi connectivity index (χ1v) is 7.19. The summed E-state index contributed by atoms with van der Waals surface area (Å²) >= 11 is 0. The summed E-state index contributed by atoms with van der Waals surface area (Å²) in [6.45, 7) is 8.24. The summed E-state index contributed by atoms with van der Waals surface area (Å²) < 4.78 is 10.5. The fraction of sp³-hybridized carbons (Fsp3) is 0.929. The number of carbonyl (C=O) groups is 1. The summed E-state index contributed by atoms with van der Waals surface area (Å²) in [6, 6.07) is 0.183. The highest BCUT2D eigenvalue weighted by Gasteiger charge is 2.26. The zero-order chi connectivity index (χ0) is 13.4. The molecule has 2 atom stereocenters. The Labute approximate surface area is 110 Å². The number of rotatable bonds is 7. The van der Waals surface area contributed by atoms with Gasteiger partial charge in [-0.3, -0.25) is 4.79 Å². The van der Waals surface area contributed by atoms with Crippen LogP contribution in [0.2, 0.25) is 0 Å². The molecule has 1 saturated heterocycles. The van der Waals surface area contributed by atoms with E-state index in [1.54, 1.807) is 0 Å². The number of esters is 1. The van der Waals surface area contributed by atoms with Gasteiger partial charge >= 0.3 is 5.97 Å². The zero-order valence-electron chi connectivity index (χ0n) is 11.9. The molecule has 18 heavy (non-hydrogen) atoms. The van der Waals surface area contributed by atoms with Crippen molar-refractivity contribution >= 4 is 5.97 Å². The van der Waals surface area contributed by atoms with Gasteiger partial charge in [-0.1, -0.05) is 13.3 Å². The predicted molar refractivity (Wildman–Crippen MR) is 71.5 cm³/mol. The Morgan fingerprint density at radius 1 is 1.39 bits per heavy atom. The maximum atomic E-state index is 11.8. The number of nitrogens with one attached hydrogen (secondary N) is 1. The molecule has 0 saturated carbocycles. The molecule has 1 aliphatic rings. The second-order valence-corrected chi connectivity index (χ2v) is 5.00. The van der Waals surface area contributed by atoms with Gasteiger partial charge in [0.15, 0.2) is 0 Å². The van der Waals surface area contributed by atoms with Gasteiger partial charge in [0.1, 0.15) is 6.04 Å². The molecule has 1 aliphatic heterocycles. The molecule has 4 heteroatoms. The van der Waals surface area contributed by atoms with Gasteiger partial charge in [0.2, 0.25) is 0 Å².